The average molecular weight is 249 g/mol. The van der Waals surface area contributed by atoms with Crippen LogP contribution in [0.15, 0.2) is 18.2 Å². The summed E-state index contributed by atoms with van der Waals surface area (Å²) in [6.45, 7) is 4.28. The molecule has 0 saturated heterocycles. The lowest BCUT2D eigenvalue weighted by Crippen LogP contribution is -2.34. The maximum absolute atomic E-state index is 13.3. The molecule has 0 saturated carbocycles. The van der Waals surface area contributed by atoms with Crippen LogP contribution in [0.4, 0.5) is 10.1 Å². The molecule has 0 aliphatic heterocycles. The molecule has 0 aliphatic carbocycles. The minimum Gasteiger partial charge on any atom is -0.396 e. The van der Waals surface area contributed by atoms with Crippen LogP contribution in [0, 0.1) is 23.1 Å². The molecular weight excluding hydrogens is 233 g/mol. The van der Waals surface area contributed by atoms with Gasteiger partial charge in [0.1, 0.15) is 5.82 Å². The van der Waals surface area contributed by atoms with Gasteiger partial charge in [-0.2, -0.15) is 5.26 Å². The van der Waals surface area contributed by atoms with Crippen LogP contribution < -0.4 is 5.73 Å². The van der Waals surface area contributed by atoms with Crippen molar-refractivity contribution in [3.8, 4) is 6.07 Å². The summed E-state index contributed by atoms with van der Waals surface area (Å²) in [7, 11) is 0. The Balaban J connectivity index is 2.97. The van der Waals surface area contributed by atoms with Crippen molar-refractivity contribution >= 4 is 11.6 Å². The van der Waals surface area contributed by atoms with Crippen molar-refractivity contribution in [1.82, 2.24) is 4.90 Å². The summed E-state index contributed by atoms with van der Waals surface area (Å²) < 4.78 is 13.3. The summed E-state index contributed by atoms with van der Waals surface area (Å²) in [6.07, 6.45) is 0. The molecule has 0 bridgehead atoms. The number of para-hydroxylation sites is 1. The number of carbonyl (C=O) groups excluding carboxylic acids is 1. The van der Waals surface area contributed by atoms with Crippen LogP contribution in [-0.2, 0) is 0 Å². The molecule has 1 unspecified atom stereocenters. The molecule has 18 heavy (non-hydrogen) atoms. The molecular formula is C13H16FN3O. The van der Waals surface area contributed by atoms with Gasteiger partial charge in [-0.15, -0.1) is 0 Å². The first kappa shape index (κ1) is 14.0. The fourth-order valence-corrected chi connectivity index (χ4v) is 1.62. The molecule has 1 rings (SSSR count). The van der Waals surface area contributed by atoms with E-state index in [0.29, 0.717) is 13.1 Å². The van der Waals surface area contributed by atoms with Crippen LogP contribution in [0.3, 0.4) is 0 Å². The lowest BCUT2D eigenvalue weighted by molar-refractivity contribution is 0.0753. The largest absolute Gasteiger partial charge is 0.396 e. The molecule has 0 spiro atoms. The number of hydrogen-bond acceptors (Lipinski definition) is 3. The first-order valence-electron chi connectivity index (χ1n) is 5.74. The summed E-state index contributed by atoms with van der Waals surface area (Å²) in [6, 6.07) is 6.20. The van der Waals surface area contributed by atoms with E-state index in [9.17, 15) is 9.18 Å². The zero-order chi connectivity index (χ0) is 13.7. The quantitative estimate of drug-likeness (QED) is 0.830. The normalized spacial score (nSPS) is 11.7. The van der Waals surface area contributed by atoms with Crippen molar-refractivity contribution in [3.63, 3.8) is 0 Å². The molecule has 1 aromatic carbocycles. The van der Waals surface area contributed by atoms with Crippen molar-refractivity contribution < 1.29 is 9.18 Å². The molecule has 0 aliphatic rings. The maximum atomic E-state index is 13.3. The van der Waals surface area contributed by atoms with Crippen molar-refractivity contribution in [2.45, 2.75) is 13.8 Å². The lowest BCUT2D eigenvalue weighted by atomic mass is 10.1. The number of nitrogens with zero attached hydrogens (tertiary/aromatic N) is 2. The minimum atomic E-state index is -0.606. The van der Waals surface area contributed by atoms with Crippen molar-refractivity contribution in [3.05, 3.63) is 29.6 Å². The molecule has 0 heterocycles. The SMILES string of the molecule is CCN(CC(C)C#N)C(=O)c1cccc(F)c1N. The van der Waals surface area contributed by atoms with Gasteiger partial charge in [0.05, 0.1) is 23.2 Å². The maximum Gasteiger partial charge on any atom is 0.256 e. The molecule has 0 aromatic heterocycles. The number of rotatable bonds is 4. The van der Waals surface area contributed by atoms with Gasteiger partial charge in [-0.3, -0.25) is 4.79 Å². The second-order valence-corrected chi connectivity index (χ2v) is 4.08. The third kappa shape index (κ3) is 2.98. The van der Waals surface area contributed by atoms with Gasteiger partial charge >= 0.3 is 0 Å². The van der Waals surface area contributed by atoms with Gasteiger partial charge in [-0.05, 0) is 26.0 Å². The van der Waals surface area contributed by atoms with Crippen LogP contribution >= 0.6 is 0 Å². The van der Waals surface area contributed by atoms with Crippen LogP contribution in [0.2, 0.25) is 0 Å². The number of nitriles is 1. The molecule has 1 aromatic rings. The lowest BCUT2D eigenvalue weighted by Gasteiger charge is -2.22. The number of halogens is 1. The highest BCUT2D eigenvalue weighted by Crippen LogP contribution is 2.18. The van der Waals surface area contributed by atoms with Gasteiger partial charge in [0.2, 0.25) is 0 Å². The van der Waals surface area contributed by atoms with Gasteiger partial charge in [0, 0.05) is 13.1 Å². The second kappa shape index (κ2) is 6.01. The number of anilines is 1. The molecule has 2 N–H and O–H groups in total. The van der Waals surface area contributed by atoms with E-state index in [1.54, 1.807) is 13.8 Å². The van der Waals surface area contributed by atoms with E-state index in [0.717, 1.165) is 0 Å². The second-order valence-electron chi connectivity index (χ2n) is 4.08. The first-order valence-corrected chi connectivity index (χ1v) is 5.74. The van der Waals surface area contributed by atoms with Crippen molar-refractivity contribution in [2.75, 3.05) is 18.8 Å². The van der Waals surface area contributed by atoms with Crippen molar-refractivity contribution in [1.29, 1.82) is 5.26 Å². The van der Waals surface area contributed by atoms with Gasteiger partial charge in [-0.1, -0.05) is 6.07 Å². The number of hydrogen-bond donors (Lipinski definition) is 1. The highest BCUT2D eigenvalue weighted by molar-refractivity contribution is 5.99. The van der Waals surface area contributed by atoms with Crippen LogP contribution in [0.5, 0.6) is 0 Å². The molecule has 0 radical (unpaired) electrons. The smallest absolute Gasteiger partial charge is 0.256 e. The molecule has 5 heteroatoms. The van der Waals surface area contributed by atoms with Crippen molar-refractivity contribution in [2.24, 2.45) is 5.92 Å². The summed E-state index contributed by atoms with van der Waals surface area (Å²) in [5.74, 6) is -1.23. The van der Waals surface area contributed by atoms with E-state index in [-0.39, 0.29) is 23.1 Å². The van der Waals surface area contributed by atoms with E-state index >= 15 is 0 Å². The summed E-state index contributed by atoms with van der Waals surface area (Å²) in [5.41, 5.74) is 5.54. The van der Waals surface area contributed by atoms with Crippen LogP contribution in [-0.4, -0.2) is 23.9 Å². The van der Waals surface area contributed by atoms with E-state index in [1.165, 1.54) is 23.1 Å². The van der Waals surface area contributed by atoms with E-state index in [2.05, 4.69) is 6.07 Å². The van der Waals surface area contributed by atoms with Gasteiger partial charge in [-0.25, -0.2) is 4.39 Å². The number of nitrogens with two attached hydrogens (primary N) is 1. The Bertz CT molecular complexity index is 482. The molecule has 0 fully saturated rings. The summed E-state index contributed by atoms with van der Waals surface area (Å²) in [4.78, 5) is 13.7. The zero-order valence-electron chi connectivity index (χ0n) is 10.5. The minimum absolute atomic E-state index is 0.141. The third-order valence-electron chi connectivity index (χ3n) is 2.67. The average Bonchev–Trinajstić information content (AvgIpc) is 2.38. The summed E-state index contributed by atoms with van der Waals surface area (Å²) >= 11 is 0. The Kier molecular flexibility index (Phi) is 4.67. The Morgan fingerprint density at radius 3 is 2.83 bits per heavy atom. The number of carbonyl (C=O) groups is 1. The molecule has 1 amide bonds. The molecule has 96 valence electrons. The highest BCUT2D eigenvalue weighted by Gasteiger charge is 2.19. The first-order chi connectivity index (χ1) is 8.51. The Morgan fingerprint density at radius 1 is 1.61 bits per heavy atom. The predicted molar refractivity (Wildman–Crippen MR) is 67.2 cm³/mol. The topological polar surface area (TPSA) is 70.1 Å². The number of nitrogen functional groups attached to an aromatic ring is 1. The Morgan fingerprint density at radius 2 is 2.28 bits per heavy atom. The number of amides is 1. The van der Waals surface area contributed by atoms with Gasteiger partial charge in [0.15, 0.2) is 0 Å². The Labute approximate surface area is 106 Å². The zero-order valence-corrected chi connectivity index (χ0v) is 10.5. The van der Waals surface area contributed by atoms with Gasteiger partial charge in [0.25, 0.3) is 5.91 Å². The number of benzene rings is 1. The Hall–Kier alpha value is -2.09. The third-order valence-corrected chi connectivity index (χ3v) is 2.67. The monoisotopic (exact) mass is 249 g/mol. The predicted octanol–water partition coefficient (Wildman–Crippen LogP) is 2.03. The fraction of sp³-hybridized carbons (Fsp3) is 0.385. The summed E-state index contributed by atoms with van der Waals surface area (Å²) in [5, 5.41) is 8.76. The standard InChI is InChI=1S/C13H16FN3O/c1-3-17(8-9(2)7-15)13(18)10-5-4-6-11(14)12(10)16/h4-6,9H,3,8,16H2,1-2H3. The molecule has 4 nitrogen and oxygen atoms in total. The van der Waals surface area contributed by atoms with Crippen LogP contribution in [0.25, 0.3) is 0 Å². The van der Waals surface area contributed by atoms with E-state index in [4.69, 9.17) is 11.0 Å². The van der Waals surface area contributed by atoms with E-state index < -0.39 is 5.82 Å². The van der Waals surface area contributed by atoms with Gasteiger partial charge < -0.3 is 10.6 Å². The van der Waals surface area contributed by atoms with Crippen LogP contribution in [0.1, 0.15) is 24.2 Å². The van der Waals surface area contributed by atoms with E-state index in [1.807, 2.05) is 0 Å². The highest BCUT2D eigenvalue weighted by atomic mass is 19.1. The molecule has 1 atom stereocenters. The fourth-order valence-electron chi connectivity index (χ4n) is 1.62.